The van der Waals surface area contributed by atoms with E-state index in [4.69, 9.17) is 0 Å². The van der Waals surface area contributed by atoms with Crippen molar-refractivity contribution in [1.29, 1.82) is 0 Å². The first-order valence-corrected chi connectivity index (χ1v) is 8.72. The number of nitrogens with zero attached hydrogens (tertiary/aromatic N) is 1. The molecule has 1 aromatic heterocycles. The topological polar surface area (TPSA) is 71.1 Å². The fourth-order valence-electron chi connectivity index (χ4n) is 1.77. The molecule has 0 unspecified atom stereocenters. The van der Waals surface area contributed by atoms with Gasteiger partial charge in [-0.05, 0) is 46.2 Å². The number of hydrogen-bond acceptors (Lipinski definition) is 4. The van der Waals surface area contributed by atoms with Crippen molar-refractivity contribution in [3.05, 3.63) is 52.8 Å². The number of rotatable bonds is 6. The van der Waals surface area contributed by atoms with Crippen molar-refractivity contribution in [2.45, 2.75) is 18.4 Å². The average Bonchev–Trinajstić information content (AvgIpc) is 2.45. The van der Waals surface area contributed by atoms with Crippen molar-refractivity contribution in [3.8, 4) is 0 Å². The number of aromatic nitrogens is 1. The van der Waals surface area contributed by atoms with E-state index >= 15 is 0 Å². The van der Waals surface area contributed by atoms with E-state index in [0.29, 0.717) is 16.7 Å². The van der Waals surface area contributed by atoms with Crippen molar-refractivity contribution in [2.24, 2.45) is 0 Å². The Bertz CT molecular complexity index is 720. The lowest BCUT2D eigenvalue weighted by molar-refractivity contribution is 0.600. The summed E-state index contributed by atoms with van der Waals surface area (Å²) in [7, 11) is -3.64. The first-order chi connectivity index (χ1) is 10.0. The molecule has 21 heavy (non-hydrogen) atoms. The lowest BCUT2D eigenvalue weighted by Crippen LogP contribution is -2.14. The summed E-state index contributed by atoms with van der Waals surface area (Å²) < 4.78 is 27.8. The van der Waals surface area contributed by atoms with Crippen molar-refractivity contribution in [1.82, 2.24) is 10.3 Å². The van der Waals surface area contributed by atoms with E-state index in [2.05, 4.69) is 31.0 Å². The first kappa shape index (κ1) is 15.9. The molecule has 0 fully saturated rings. The summed E-state index contributed by atoms with van der Waals surface area (Å²) >= 11 is 3.22. The number of nitrogens with one attached hydrogen (secondary N) is 2. The molecule has 2 aromatic rings. The van der Waals surface area contributed by atoms with Crippen molar-refractivity contribution >= 4 is 31.6 Å². The smallest absolute Gasteiger partial charge is 0.263 e. The normalized spacial score (nSPS) is 11.3. The monoisotopic (exact) mass is 369 g/mol. The summed E-state index contributed by atoms with van der Waals surface area (Å²) in [5.74, 6) is 0. The molecule has 0 aliphatic heterocycles. The van der Waals surface area contributed by atoms with Crippen LogP contribution in [0.3, 0.4) is 0 Å². The molecule has 112 valence electrons. The van der Waals surface area contributed by atoms with Gasteiger partial charge in [0.15, 0.2) is 0 Å². The highest BCUT2D eigenvalue weighted by Crippen LogP contribution is 2.19. The Kier molecular flexibility index (Phi) is 5.33. The van der Waals surface area contributed by atoms with Crippen molar-refractivity contribution in [3.63, 3.8) is 0 Å². The third-order valence-electron chi connectivity index (χ3n) is 2.75. The average molecular weight is 370 g/mol. The maximum absolute atomic E-state index is 12.3. The van der Waals surface area contributed by atoms with Gasteiger partial charge in [0.05, 0.1) is 0 Å². The molecule has 2 rings (SSSR count). The second kappa shape index (κ2) is 7.02. The predicted molar refractivity (Wildman–Crippen MR) is 86.6 cm³/mol. The Hall–Kier alpha value is -1.44. The molecule has 0 radical (unpaired) electrons. The summed E-state index contributed by atoms with van der Waals surface area (Å²) in [5.41, 5.74) is 1.55. The minimum atomic E-state index is -3.64. The van der Waals surface area contributed by atoms with Crippen LogP contribution in [0.15, 0.2) is 52.1 Å². The minimum Gasteiger partial charge on any atom is -0.313 e. The second-order valence-corrected chi connectivity index (χ2v) is 7.02. The van der Waals surface area contributed by atoms with Gasteiger partial charge >= 0.3 is 0 Å². The Morgan fingerprint density at radius 1 is 1.24 bits per heavy atom. The Labute approximate surface area is 133 Å². The first-order valence-electron chi connectivity index (χ1n) is 6.44. The van der Waals surface area contributed by atoms with Crippen LogP contribution in [0, 0.1) is 0 Å². The van der Waals surface area contributed by atoms with E-state index in [-0.39, 0.29) is 4.90 Å². The van der Waals surface area contributed by atoms with Gasteiger partial charge in [0.2, 0.25) is 0 Å². The standard InChI is InChI=1S/C14H16BrN3O2S/c1-2-16-8-11-4-3-5-13(6-11)18-21(19,20)14-7-12(15)9-17-10-14/h3-7,9-10,16,18H,2,8H2,1H3. The largest absolute Gasteiger partial charge is 0.313 e. The lowest BCUT2D eigenvalue weighted by Gasteiger charge is -2.10. The van der Waals surface area contributed by atoms with E-state index in [0.717, 1.165) is 12.1 Å². The third-order valence-corrected chi connectivity index (χ3v) is 4.53. The van der Waals surface area contributed by atoms with Gasteiger partial charge in [0.25, 0.3) is 10.0 Å². The number of anilines is 1. The van der Waals surface area contributed by atoms with Crippen LogP contribution in [-0.4, -0.2) is 19.9 Å². The number of sulfonamides is 1. The maximum atomic E-state index is 12.3. The molecule has 0 aliphatic rings. The molecule has 5 nitrogen and oxygen atoms in total. The van der Waals surface area contributed by atoms with E-state index in [1.807, 2.05) is 25.1 Å². The Morgan fingerprint density at radius 3 is 2.76 bits per heavy atom. The SMILES string of the molecule is CCNCc1cccc(NS(=O)(=O)c2cncc(Br)c2)c1. The van der Waals surface area contributed by atoms with Gasteiger partial charge in [0, 0.05) is 29.1 Å². The molecule has 7 heteroatoms. The number of halogens is 1. The summed E-state index contributed by atoms with van der Waals surface area (Å²) in [6.07, 6.45) is 2.85. The van der Waals surface area contributed by atoms with Crippen LogP contribution in [0.1, 0.15) is 12.5 Å². The summed E-state index contributed by atoms with van der Waals surface area (Å²) in [5, 5.41) is 3.20. The number of hydrogen-bond donors (Lipinski definition) is 2. The Balaban J connectivity index is 2.20. The van der Waals surface area contributed by atoms with E-state index in [9.17, 15) is 8.42 Å². The molecule has 2 N–H and O–H groups in total. The zero-order valence-electron chi connectivity index (χ0n) is 11.5. The van der Waals surface area contributed by atoms with E-state index in [1.165, 1.54) is 18.5 Å². The van der Waals surface area contributed by atoms with Gasteiger partial charge in [-0.15, -0.1) is 0 Å². The van der Waals surface area contributed by atoms with Crippen molar-refractivity contribution < 1.29 is 8.42 Å². The van der Waals surface area contributed by atoms with Gasteiger partial charge < -0.3 is 5.32 Å². The van der Waals surface area contributed by atoms with E-state index < -0.39 is 10.0 Å². The zero-order valence-corrected chi connectivity index (χ0v) is 13.9. The Morgan fingerprint density at radius 2 is 2.05 bits per heavy atom. The molecular weight excluding hydrogens is 354 g/mol. The highest BCUT2D eigenvalue weighted by atomic mass is 79.9. The van der Waals surface area contributed by atoms with Crippen LogP contribution in [-0.2, 0) is 16.6 Å². The quantitative estimate of drug-likeness (QED) is 0.820. The minimum absolute atomic E-state index is 0.119. The highest BCUT2D eigenvalue weighted by molar-refractivity contribution is 9.10. The van der Waals surface area contributed by atoms with Gasteiger partial charge in [-0.2, -0.15) is 0 Å². The third kappa shape index (κ3) is 4.52. The predicted octanol–water partition coefficient (Wildman–Crippen LogP) is 2.75. The summed E-state index contributed by atoms with van der Waals surface area (Å²) in [6.45, 7) is 3.58. The van der Waals surface area contributed by atoms with Crippen molar-refractivity contribution in [2.75, 3.05) is 11.3 Å². The van der Waals surface area contributed by atoms with E-state index in [1.54, 1.807) is 6.07 Å². The molecule has 0 amide bonds. The van der Waals surface area contributed by atoms with Gasteiger partial charge in [0.1, 0.15) is 4.90 Å². The van der Waals surface area contributed by atoms with Crippen LogP contribution < -0.4 is 10.0 Å². The summed E-state index contributed by atoms with van der Waals surface area (Å²) in [6, 6.07) is 8.81. The molecule has 1 aromatic carbocycles. The number of pyridine rings is 1. The van der Waals surface area contributed by atoms with Crippen LogP contribution in [0.2, 0.25) is 0 Å². The lowest BCUT2D eigenvalue weighted by atomic mass is 10.2. The molecule has 0 atom stereocenters. The molecule has 0 bridgehead atoms. The molecule has 0 saturated carbocycles. The zero-order chi connectivity index (χ0) is 15.3. The van der Waals surface area contributed by atoms with Gasteiger partial charge in [-0.3, -0.25) is 9.71 Å². The summed E-state index contributed by atoms with van der Waals surface area (Å²) in [4.78, 5) is 3.99. The fraction of sp³-hybridized carbons (Fsp3) is 0.214. The van der Waals surface area contributed by atoms with Crippen LogP contribution in [0.25, 0.3) is 0 Å². The van der Waals surface area contributed by atoms with Gasteiger partial charge in [-0.25, -0.2) is 8.42 Å². The highest BCUT2D eigenvalue weighted by Gasteiger charge is 2.15. The molecule has 0 spiro atoms. The molecule has 0 aliphatic carbocycles. The maximum Gasteiger partial charge on any atom is 0.263 e. The fourth-order valence-corrected chi connectivity index (χ4v) is 3.32. The van der Waals surface area contributed by atoms with Crippen LogP contribution in [0.5, 0.6) is 0 Å². The number of benzene rings is 1. The van der Waals surface area contributed by atoms with Crippen LogP contribution >= 0.6 is 15.9 Å². The molecule has 1 heterocycles. The molecule has 0 saturated heterocycles. The van der Waals surface area contributed by atoms with Gasteiger partial charge in [-0.1, -0.05) is 19.1 Å². The van der Waals surface area contributed by atoms with Crippen LogP contribution in [0.4, 0.5) is 5.69 Å². The molecular formula is C14H16BrN3O2S. The second-order valence-electron chi connectivity index (χ2n) is 4.43.